The highest BCUT2D eigenvalue weighted by Crippen LogP contribution is 2.23. The Morgan fingerprint density at radius 3 is 2.59 bits per heavy atom. The summed E-state index contributed by atoms with van der Waals surface area (Å²) in [6.45, 7) is 2.93. The van der Waals surface area contributed by atoms with Crippen molar-refractivity contribution in [1.82, 2.24) is 39.9 Å². The quantitative estimate of drug-likeness (QED) is 0.631. The number of tetrazole rings is 1. The zero-order valence-electron chi connectivity index (χ0n) is 15.8. The Labute approximate surface area is 159 Å². The smallest absolute Gasteiger partial charge is 0.151 e. The normalized spacial score (nSPS) is 16.0. The second-order valence-electron chi connectivity index (χ2n) is 7.23. The Hall–Kier alpha value is -2.61. The first-order valence-electron chi connectivity index (χ1n) is 9.65. The Bertz CT molecular complexity index is 819. The molecule has 0 atom stereocenters. The second-order valence-corrected chi connectivity index (χ2v) is 7.23. The highest BCUT2D eigenvalue weighted by molar-refractivity contribution is 5.15. The molecule has 1 saturated heterocycles. The molecule has 2 aromatic heterocycles. The van der Waals surface area contributed by atoms with Crippen LogP contribution in [0.2, 0.25) is 0 Å². The van der Waals surface area contributed by atoms with Crippen molar-refractivity contribution in [3.05, 3.63) is 53.9 Å². The Balaban J connectivity index is 1.48. The van der Waals surface area contributed by atoms with E-state index in [-0.39, 0.29) is 0 Å². The summed E-state index contributed by atoms with van der Waals surface area (Å²) in [7, 11) is 2.18. The van der Waals surface area contributed by atoms with E-state index in [1.165, 1.54) is 5.56 Å². The van der Waals surface area contributed by atoms with Gasteiger partial charge in [-0.05, 0) is 55.4 Å². The molecule has 0 radical (unpaired) electrons. The molecule has 1 aliphatic rings. The number of nitrogens with zero attached hydrogens (tertiary/aromatic N) is 8. The van der Waals surface area contributed by atoms with Crippen LogP contribution in [0.1, 0.15) is 36.1 Å². The van der Waals surface area contributed by atoms with Crippen LogP contribution in [0.4, 0.5) is 0 Å². The molecule has 27 heavy (non-hydrogen) atoms. The van der Waals surface area contributed by atoms with Gasteiger partial charge in [0.05, 0.1) is 12.6 Å². The number of likely N-dealkylation sites (tertiary alicyclic amines) is 1. The molecule has 142 valence electrons. The van der Waals surface area contributed by atoms with E-state index in [1.54, 1.807) is 11.0 Å². The van der Waals surface area contributed by atoms with Crippen molar-refractivity contribution in [3.8, 4) is 0 Å². The summed E-state index contributed by atoms with van der Waals surface area (Å²) >= 11 is 0. The minimum absolute atomic E-state index is 0.433. The van der Waals surface area contributed by atoms with Crippen LogP contribution in [0, 0.1) is 0 Å². The monoisotopic (exact) mass is 366 g/mol. The average molecular weight is 366 g/mol. The van der Waals surface area contributed by atoms with Gasteiger partial charge in [0.1, 0.15) is 12.2 Å². The molecule has 3 aromatic rings. The maximum absolute atomic E-state index is 4.90. The van der Waals surface area contributed by atoms with E-state index in [1.807, 2.05) is 6.07 Å². The third-order valence-corrected chi connectivity index (χ3v) is 5.22. The van der Waals surface area contributed by atoms with Gasteiger partial charge in [0.25, 0.3) is 0 Å². The van der Waals surface area contributed by atoms with E-state index >= 15 is 0 Å². The van der Waals surface area contributed by atoms with Gasteiger partial charge in [-0.3, -0.25) is 0 Å². The third-order valence-electron chi connectivity index (χ3n) is 5.22. The van der Waals surface area contributed by atoms with Gasteiger partial charge < -0.3 is 4.90 Å². The van der Waals surface area contributed by atoms with E-state index in [2.05, 4.69) is 56.4 Å². The van der Waals surface area contributed by atoms with Crippen molar-refractivity contribution >= 4 is 0 Å². The van der Waals surface area contributed by atoms with E-state index in [9.17, 15) is 0 Å². The standard InChI is InChI=1S/C19H26N8/c1-25-12-9-17(10-13-25)27-19(11-14-26-15-20-23-24-26)21-18(22-27)8-7-16-5-3-2-4-6-16/h2-6,15,17H,7-14H2,1H3. The topological polar surface area (TPSA) is 77.5 Å². The fraction of sp³-hybridized carbons (Fsp3) is 0.526. The van der Waals surface area contributed by atoms with Crippen LogP contribution in [-0.4, -0.2) is 60.0 Å². The molecule has 8 nitrogen and oxygen atoms in total. The van der Waals surface area contributed by atoms with Crippen molar-refractivity contribution < 1.29 is 0 Å². The first-order chi connectivity index (χ1) is 13.3. The number of hydrogen-bond acceptors (Lipinski definition) is 6. The summed E-state index contributed by atoms with van der Waals surface area (Å²) in [5.74, 6) is 1.98. The molecular formula is C19H26N8. The molecular weight excluding hydrogens is 340 g/mol. The largest absolute Gasteiger partial charge is 0.306 e. The number of piperidine rings is 1. The highest BCUT2D eigenvalue weighted by Gasteiger charge is 2.23. The van der Waals surface area contributed by atoms with Crippen molar-refractivity contribution in [1.29, 1.82) is 0 Å². The van der Waals surface area contributed by atoms with Gasteiger partial charge in [0.15, 0.2) is 5.82 Å². The minimum atomic E-state index is 0.433. The molecule has 0 saturated carbocycles. The Kier molecular flexibility index (Phi) is 5.53. The molecule has 3 heterocycles. The maximum Gasteiger partial charge on any atom is 0.151 e. The minimum Gasteiger partial charge on any atom is -0.306 e. The molecule has 1 fully saturated rings. The number of aryl methyl sites for hydroxylation is 4. The zero-order valence-corrected chi connectivity index (χ0v) is 15.8. The van der Waals surface area contributed by atoms with Crippen LogP contribution in [0.15, 0.2) is 36.7 Å². The molecule has 8 heteroatoms. The van der Waals surface area contributed by atoms with Crippen LogP contribution in [0.25, 0.3) is 0 Å². The predicted octanol–water partition coefficient (Wildman–Crippen LogP) is 1.56. The molecule has 0 aliphatic carbocycles. The summed E-state index contributed by atoms with van der Waals surface area (Å²) in [6.07, 6.45) is 6.50. The van der Waals surface area contributed by atoms with Crippen LogP contribution in [0.5, 0.6) is 0 Å². The lowest BCUT2D eigenvalue weighted by Gasteiger charge is -2.29. The van der Waals surface area contributed by atoms with Crippen molar-refractivity contribution in [2.24, 2.45) is 0 Å². The summed E-state index contributed by atoms with van der Waals surface area (Å²) < 4.78 is 3.93. The van der Waals surface area contributed by atoms with Gasteiger partial charge in [-0.2, -0.15) is 5.10 Å². The van der Waals surface area contributed by atoms with Gasteiger partial charge in [0.2, 0.25) is 0 Å². The van der Waals surface area contributed by atoms with Crippen molar-refractivity contribution in [3.63, 3.8) is 0 Å². The van der Waals surface area contributed by atoms with E-state index in [0.29, 0.717) is 6.04 Å². The summed E-state index contributed by atoms with van der Waals surface area (Å²) in [5, 5.41) is 16.3. The molecule has 1 aromatic carbocycles. The summed E-state index contributed by atoms with van der Waals surface area (Å²) in [6, 6.07) is 11.0. The van der Waals surface area contributed by atoms with Crippen LogP contribution in [-0.2, 0) is 25.8 Å². The molecule has 0 N–H and O–H groups in total. The van der Waals surface area contributed by atoms with E-state index < -0.39 is 0 Å². The fourth-order valence-electron chi connectivity index (χ4n) is 3.61. The van der Waals surface area contributed by atoms with Gasteiger partial charge in [-0.15, -0.1) is 5.10 Å². The van der Waals surface area contributed by atoms with Gasteiger partial charge in [-0.1, -0.05) is 30.3 Å². The molecule has 0 amide bonds. The molecule has 4 rings (SSSR count). The summed E-state index contributed by atoms with van der Waals surface area (Å²) in [5.41, 5.74) is 1.32. The van der Waals surface area contributed by atoms with E-state index in [0.717, 1.165) is 63.4 Å². The van der Waals surface area contributed by atoms with Crippen molar-refractivity contribution in [2.45, 2.75) is 44.7 Å². The lowest BCUT2D eigenvalue weighted by Crippen LogP contribution is -2.32. The SMILES string of the molecule is CN1CCC(n2nc(CCc3ccccc3)nc2CCn2cnnn2)CC1. The number of aromatic nitrogens is 7. The predicted molar refractivity (Wildman–Crippen MR) is 101 cm³/mol. The molecule has 0 bridgehead atoms. The van der Waals surface area contributed by atoms with Crippen LogP contribution in [0.3, 0.4) is 0 Å². The Morgan fingerprint density at radius 1 is 1.04 bits per heavy atom. The van der Waals surface area contributed by atoms with Gasteiger partial charge in [0, 0.05) is 12.8 Å². The average Bonchev–Trinajstić information content (AvgIpc) is 3.36. The number of rotatable bonds is 7. The maximum atomic E-state index is 4.90. The summed E-state index contributed by atoms with van der Waals surface area (Å²) in [4.78, 5) is 7.25. The van der Waals surface area contributed by atoms with E-state index in [4.69, 9.17) is 10.1 Å². The zero-order chi connectivity index (χ0) is 18.5. The van der Waals surface area contributed by atoms with Gasteiger partial charge in [-0.25, -0.2) is 14.3 Å². The molecule has 1 aliphatic heterocycles. The van der Waals surface area contributed by atoms with Crippen LogP contribution >= 0.6 is 0 Å². The third kappa shape index (κ3) is 4.57. The number of hydrogen-bond donors (Lipinski definition) is 0. The lowest BCUT2D eigenvalue weighted by atomic mass is 10.1. The van der Waals surface area contributed by atoms with Crippen molar-refractivity contribution in [2.75, 3.05) is 20.1 Å². The first-order valence-corrected chi connectivity index (χ1v) is 9.65. The fourth-order valence-corrected chi connectivity index (χ4v) is 3.61. The molecule has 0 spiro atoms. The van der Waals surface area contributed by atoms with Crippen LogP contribution < -0.4 is 0 Å². The number of benzene rings is 1. The lowest BCUT2D eigenvalue weighted by molar-refractivity contribution is 0.208. The highest BCUT2D eigenvalue weighted by atomic mass is 15.5. The molecule has 0 unspecified atom stereocenters. The van der Waals surface area contributed by atoms with Gasteiger partial charge >= 0.3 is 0 Å². The first kappa shape index (κ1) is 17.8. The Morgan fingerprint density at radius 2 is 1.85 bits per heavy atom. The second kappa shape index (κ2) is 8.39.